The fraction of sp³-hybridized carbons (Fsp3) is 0.565. The number of methoxy groups -OCH3 is 2. The average Bonchev–Trinajstić information content (AvgIpc) is 3.40. The molecule has 168 valence electrons. The minimum Gasteiger partial charge on any atom is -0.493 e. The third-order valence-electron chi connectivity index (χ3n) is 6.03. The van der Waals surface area contributed by atoms with E-state index in [4.69, 9.17) is 18.9 Å². The van der Waals surface area contributed by atoms with E-state index in [-0.39, 0.29) is 10.3 Å². The zero-order valence-corrected chi connectivity index (χ0v) is 19.4. The summed E-state index contributed by atoms with van der Waals surface area (Å²) in [6.45, 7) is 7.49. The van der Waals surface area contributed by atoms with Crippen LogP contribution < -0.4 is 9.47 Å². The van der Waals surface area contributed by atoms with Gasteiger partial charge in [-0.15, -0.1) is 11.3 Å². The summed E-state index contributed by atoms with van der Waals surface area (Å²) >= 11 is 1.63. The van der Waals surface area contributed by atoms with E-state index >= 15 is 0 Å². The molecule has 1 aromatic carbocycles. The molecule has 0 spiro atoms. The SMILES string of the molecule is COc1cc2c(cc1OC)C(c1sc(C(C)(C)C)cc1C1OCCO1)C([N+](=O)[O-])CC2. The highest BCUT2D eigenvalue weighted by molar-refractivity contribution is 7.12. The quantitative estimate of drug-likeness (QED) is 0.482. The predicted octanol–water partition coefficient (Wildman–Crippen LogP) is 4.83. The molecule has 1 aliphatic heterocycles. The lowest BCUT2D eigenvalue weighted by Crippen LogP contribution is -2.33. The molecule has 0 bridgehead atoms. The molecule has 2 aliphatic rings. The van der Waals surface area contributed by atoms with Crippen LogP contribution in [0.4, 0.5) is 0 Å². The van der Waals surface area contributed by atoms with Crippen LogP contribution in [0, 0.1) is 10.1 Å². The number of hydrogen-bond acceptors (Lipinski definition) is 7. The molecule has 1 fully saturated rings. The fourth-order valence-electron chi connectivity index (χ4n) is 4.42. The van der Waals surface area contributed by atoms with Crippen LogP contribution in [-0.4, -0.2) is 38.4 Å². The number of benzene rings is 1. The second-order valence-corrected chi connectivity index (χ2v) is 10.1. The molecule has 0 amide bonds. The Morgan fingerprint density at radius 3 is 2.29 bits per heavy atom. The highest BCUT2D eigenvalue weighted by Crippen LogP contribution is 2.49. The van der Waals surface area contributed by atoms with E-state index in [1.165, 1.54) is 0 Å². The summed E-state index contributed by atoms with van der Waals surface area (Å²) in [5.74, 6) is 0.823. The zero-order valence-electron chi connectivity index (χ0n) is 18.6. The monoisotopic (exact) mass is 447 g/mol. The van der Waals surface area contributed by atoms with E-state index in [2.05, 4.69) is 26.8 Å². The van der Waals surface area contributed by atoms with Crippen molar-refractivity contribution in [3.05, 3.63) is 54.8 Å². The normalized spacial score (nSPS) is 21.7. The molecule has 0 saturated carbocycles. The largest absolute Gasteiger partial charge is 0.493 e. The molecule has 1 aromatic heterocycles. The first-order valence-electron chi connectivity index (χ1n) is 10.5. The van der Waals surface area contributed by atoms with E-state index in [9.17, 15) is 10.1 Å². The first kappa shape index (κ1) is 22.0. The van der Waals surface area contributed by atoms with Gasteiger partial charge in [-0.3, -0.25) is 10.1 Å². The van der Waals surface area contributed by atoms with Gasteiger partial charge in [0.05, 0.1) is 33.4 Å². The minimum absolute atomic E-state index is 0.0878. The first-order chi connectivity index (χ1) is 14.7. The van der Waals surface area contributed by atoms with Gasteiger partial charge in [-0.2, -0.15) is 0 Å². The summed E-state index contributed by atoms with van der Waals surface area (Å²) in [5, 5.41) is 12.2. The van der Waals surface area contributed by atoms with Crippen molar-refractivity contribution in [1.82, 2.24) is 0 Å². The third kappa shape index (κ3) is 4.04. The molecule has 2 atom stereocenters. The molecule has 4 rings (SSSR count). The number of nitrogens with zero attached hydrogens (tertiary/aromatic N) is 1. The average molecular weight is 448 g/mol. The predicted molar refractivity (Wildman–Crippen MR) is 118 cm³/mol. The fourth-order valence-corrected chi connectivity index (χ4v) is 5.83. The van der Waals surface area contributed by atoms with Crippen molar-refractivity contribution in [3.63, 3.8) is 0 Å². The van der Waals surface area contributed by atoms with E-state index in [1.807, 2.05) is 12.1 Å². The maximum Gasteiger partial charge on any atom is 0.225 e. The van der Waals surface area contributed by atoms with Gasteiger partial charge in [0.1, 0.15) is 0 Å². The van der Waals surface area contributed by atoms with Gasteiger partial charge in [-0.05, 0) is 41.2 Å². The lowest BCUT2D eigenvalue weighted by Gasteiger charge is -2.30. The Morgan fingerprint density at radius 2 is 1.71 bits per heavy atom. The number of thiophene rings is 1. The van der Waals surface area contributed by atoms with Gasteiger partial charge in [0.15, 0.2) is 17.8 Å². The second-order valence-electron chi connectivity index (χ2n) is 9.03. The van der Waals surface area contributed by atoms with Crippen LogP contribution in [0.15, 0.2) is 18.2 Å². The van der Waals surface area contributed by atoms with Crippen LogP contribution in [-0.2, 0) is 21.3 Å². The molecule has 0 radical (unpaired) electrons. The van der Waals surface area contributed by atoms with E-state index < -0.39 is 18.2 Å². The van der Waals surface area contributed by atoms with Gasteiger partial charge in [-0.1, -0.05) is 20.8 Å². The number of hydrogen-bond donors (Lipinski definition) is 0. The Balaban J connectivity index is 1.92. The third-order valence-corrected chi connectivity index (χ3v) is 7.69. The van der Waals surface area contributed by atoms with Crippen molar-refractivity contribution >= 4 is 11.3 Å². The van der Waals surface area contributed by atoms with Gasteiger partial charge < -0.3 is 18.9 Å². The van der Waals surface area contributed by atoms with E-state index in [0.717, 1.165) is 26.4 Å². The molecular formula is C23H29NO6S. The van der Waals surface area contributed by atoms with Crippen molar-refractivity contribution in [3.8, 4) is 11.5 Å². The second kappa shape index (κ2) is 8.41. The molecular weight excluding hydrogens is 418 g/mol. The smallest absolute Gasteiger partial charge is 0.225 e. The van der Waals surface area contributed by atoms with Crippen LogP contribution in [0.25, 0.3) is 0 Å². The lowest BCUT2D eigenvalue weighted by atomic mass is 9.77. The minimum atomic E-state index is -0.725. The summed E-state index contributed by atoms with van der Waals surface area (Å²) < 4.78 is 22.7. The number of ether oxygens (including phenoxy) is 4. The van der Waals surface area contributed by atoms with Gasteiger partial charge in [0.2, 0.25) is 6.04 Å². The summed E-state index contributed by atoms with van der Waals surface area (Å²) in [7, 11) is 3.19. The molecule has 8 heteroatoms. The van der Waals surface area contributed by atoms with Gasteiger partial charge >= 0.3 is 0 Å². The standard InChI is InChI=1S/C23H29NO6S/c1-23(2,3)19-12-15(22-29-8-9-30-22)21(31-19)20-14-11-18(28-5)17(27-4)10-13(14)6-7-16(20)24(25)26/h10-12,16,20,22H,6-9H2,1-5H3. The zero-order chi connectivity index (χ0) is 22.3. The summed E-state index contributed by atoms with van der Waals surface area (Å²) in [4.78, 5) is 14.1. The number of fused-ring (bicyclic) bond motifs is 1. The van der Waals surface area contributed by atoms with E-state index in [0.29, 0.717) is 37.6 Å². The van der Waals surface area contributed by atoms with Gasteiger partial charge in [0.25, 0.3) is 0 Å². The lowest BCUT2D eigenvalue weighted by molar-refractivity contribution is -0.526. The van der Waals surface area contributed by atoms with Crippen LogP contribution in [0.3, 0.4) is 0 Å². The molecule has 2 heterocycles. The number of aryl methyl sites for hydroxylation is 1. The highest BCUT2D eigenvalue weighted by atomic mass is 32.1. The Hall–Kier alpha value is -2.16. The summed E-state index contributed by atoms with van der Waals surface area (Å²) in [5.41, 5.74) is 2.81. The van der Waals surface area contributed by atoms with Crippen molar-refractivity contribution in [2.75, 3.05) is 27.4 Å². The molecule has 2 unspecified atom stereocenters. The summed E-state index contributed by atoms with van der Waals surface area (Å²) in [6.07, 6.45) is 0.607. The van der Waals surface area contributed by atoms with Crippen molar-refractivity contribution in [1.29, 1.82) is 0 Å². The van der Waals surface area contributed by atoms with Gasteiger partial charge in [0, 0.05) is 26.7 Å². The van der Waals surface area contributed by atoms with Crippen molar-refractivity contribution in [2.45, 2.75) is 57.3 Å². The van der Waals surface area contributed by atoms with Crippen molar-refractivity contribution in [2.24, 2.45) is 0 Å². The molecule has 2 aromatic rings. The van der Waals surface area contributed by atoms with Gasteiger partial charge in [-0.25, -0.2) is 0 Å². The Kier molecular flexibility index (Phi) is 5.98. The maximum atomic E-state index is 12.2. The van der Waals surface area contributed by atoms with E-state index in [1.54, 1.807) is 25.6 Å². The first-order valence-corrected chi connectivity index (χ1v) is 11.3. The maximum absolute atomic E-state index is 12.2. The Bertz CT molecular complexity index is 973. The molecule has 1 aliphatic carbocycles. The van der Waals surface area contributed by atoms with Crippen molar-refractivity contribution < 1.29 is 23.9 Å². The topological polar surface area (TPSA) is 80.1 Å². The molecule has 1 saturated heterocycles. The molecule has 31 heavy (non-hydrogen) atoms. The Morgan fingerprint density at radius 1 is 1.06 bits per heavy atom. The molecule has 7 nitrogen and oxygen atoms in total. The number of rotatable bonds is 5. The van der Waals surface area contributed by atoms with Crippen LogP contribution >= 0.6 is 11.3 Å². The van der Waals surface area contributed by atoms with Crippen LogP contribution in [0.2, 0.25) is 0 Å². The van der Waals surface area contributed by atoms with Crippen LogP contribution in [0.1, 0.15) is 65.8 Å². The molecule has 0 N–H and O–H groups in total. The number of nitro groups is 1. The summed E-state index contributed by atoms with van der Waals surface area (Å²) in [6, 6.07) is 5.25. The van der Waals surface area contributed by atoms with Crippen LogP contribution in [0.5, 0.6) is 11.5 Å². The Labute approximate surface area is 186 Å². The highest BCUT2D eigenvalue weighted by Gasteiger charge is 2.43.